The number of anilines is 1. The monoisotopic (exact) mass is 386 g/mol. The fraction of sp³-hybridized carbons (Fsp3) is 0.368. The molecular weight excluding hydrogens is 364 g/mol. The Kier molecular flexibility index (Phi) is 5.08. The highest BCUT2D eigenvalue weighted by Crippen LogP contribution is 2.34. The van der Waals surface area contributed by atoms with Crippen LogP contribution in [-0.2, 0) is 15.1 Å². The number of benzene rings is 1. The van der Waals surface area contributed by atoms with Crippen LogP contribution in [0.25, 0.3) is 0 Å². The Hall–Kier alpha value is -3.36. The summed E-state index contributed by atoms with van der Waals surface area (Å²) >= 11 is 0. The summed E-state index contributed by atoms with van der Waals surface area (Å²) < 4.78 is 10.1. The molecule has 0 aliphatic carbocycles. The second-order valence-electron chi connectivity index (χ2n) is 6.64. The van der Waals surface area contributed by atoms with Crippen LogP contribution in [0.4, 0.5) is 10.6 Å². The molecule has 1 fully saturated rings. The number of carbonyl (C=O) groups is 3. The van der Waals surface area contributed by atoms with E-state index in [2.05, 4.69) is 15.8 Å². The van der Waals surface area contributed by atoms with E-state index in [1.54, 1.807) is 39.2 Å². The molecule has 0 spiro atoms. The minimum atomic E-state index is -1.22. The molecular formula is C19H22N4O5. The van der Waals surface area contributed by atoms with Gasteiger partial charge in [-0.1, -0.05) is 18.1 Å². The molecule has 0 bridgehead atoms. The predicted octanol–water partition coefficient (Wildman–Crippen LogP) is 2.10. The molecule has 2 N–H and O–H groups in total. The van der Waals surface area contributed by atoms with E-state index in [0.717, 1.165) is 10.5 Å². The number of methoxy groups -OCH3 is 1. The fourth-order valence-electron chi connectivity index (χ4n) is 3.30. The standard InChI is InChI=1S/C19H22N4O5/c1-5-19(13-6-7-14(27-4)11(2)8-13)17(25)23(18(26)21-19)10-16(24)20-15-9-12(3)28-22-15/h6-9H,5,10H2,1-4H3,(H,21,26)(H,20,22,24). The molecule has 1 aliphatic heterocycles. The summed E-state index contributed by atoms with van der Waals surface area (Å²) in [4.78, 5) is 38.8. The zero-order chi connectivity index (χ0) is 20.5. The van der Waals surface area contributed by atoms with Crippen LogP contribution in [0.15, 0.2) is 28.8 Å². The van der Waals surface area contributed by atoms with E-state index in [9.17, 15) is 14.4 Å². The lowest BCUT2D eigenvalue weighted by Crippen LogP contribution is -2.44. The summed E-state index contributed by atoms with van der Waals surface area (Å²) in [5, 5.41) is 8.92. The summed E-state index contributed by atoms with van der Waals surface area (Å²) in [6.07, 6.45) is 0.337. The highest BCUT2D eigenvalue weighted by atomic mass is 16.5. The quantitative estimate of drug-likeness (QED) is 0.735. The molecule has 1 atom stereocenters. The number of aromatic nitrogens is 1. The van der Waals surface area contributed by atoms with Gasteiger partial charge in [0.2, 0.25) is 5.91 Å². The minimum Gasteiger partial charge on any atom is -0.496 e. The smallest absolute Gasteiger partial charge is 0.325 e. The number of ether oxygens (including phenoxy) is 1. The zero-order valence-corrected chi connectivity index (χ0v) is 16.2. The molecule has 3 rings (SSSR count). The number of hydrogen-bond donors (Lipinski definition) is 2. The Bertz CT molecular complexity index is 938. The Balaban J connectivity index is 1.82. The van der Waals surface area contributed by atoms with Crippen molar-refractivity contribution in [1.82, 2.24) is 15.4 Å². The number of imide groups is 1. The molecule has 0 saturated carbocycles. The lowest BCUT2D eigenvalue weighted by molar-refractivity contribution is -0.134. The zero-order valence-electron chi connectivity index (χ0n) is 16.2. The Labute approximate surface area is 162 Å². The molecule has 0 radical (unpaired) electrons. The molecule has 1 aromatic carbocycles. The van der Waals surface area contributed by atoms with Crippen LogP contribution < -0.4 is 15.4 Å². The van der Waals surface area contributed by atoms with E-state index in [1.165, 1.54) is 0 Å². The Morgan fingerprint density at radius 3 is 2.64 bits per heavy atom. The maximum absolute atomic E-state index is 13.1. The average Bonchev–Trinajstić information content (AvgIpc) is 3.17. The van der Waals surface area contributed by atoms with Crippen LogP contribution in [0, 0.1) is 13.8 Å². The first-order valence-electron chi connectivity index (χ1n) is 8.83. The lowest BCUT2D eigenvalue weighted by Gasteiger charge is -2.26. The van der Waals surface area contributed by atoms with Crippen LogP contribution in [0.1, 0.15) is 30.2 Å². The van der Waals surface area contributed by atoms with Gasteiger partial charge in [-0.2, -0.15) is 0 Å². The normalized spacial score (nSPS) is 18.9. The maximum Gasteiger partial charge on any atom is 0.325 e. The summed E-state index contributed by atoms with van der Waals surface area (Å²) in [5.74, 6) is 0.420. The topological polar surface area (TPSA) is 114 Å². The van der Waals surface area contributed by atoms with Gasteiger partial charge in [0.15, 0.2) is 5.82 Å². The minimum absolute atomic E-state index is 0.224. The van der Waals surface area contributed by atoms with Crippen molar-refractivity contribution in [2.45, 2.75) is 32.7 Å². The molecule has 9 nitrogen and oxygen atoms in total. The number of urea groups is 1. The Morgan fingerprint density at radius 1 is 1.32 bits per heavy atom. The van der Waals surface area contributed by atoms with Crippen LogP contribution in [0.5, 0.6) is 5.75 Å². The van der Waals surface area contributed by atoms with Gasteiger partial charge in [0.25, 0.3) is 5.91 Å². The number of amides is 4. The summed E-state index contributed by atoms with van der Waals surface area (Å²) in [5.41, 5.74) is 0.257. The number of carbonyl (C=O) groups excluding carboxylic acids is 3. The van der Waals surface area contributed by atoms with Crippen LogP contribution >= 0.6 is 0 Å². The molecule has 2 aromatic rings. The highest BCUT2D eigenvalue weighted by molar-refractivity contribution is 6.10. The summed E-state index contributed by atoms with van der Waals surface area (Å²) in [6, 6.07) is 6.23. The first kappa shape index (κ1) is 19.4. The third-order valence-corrected chi connectivity index (χ3v) is 4.79. The van der Waals surface area contributed by atoms with Crippen LogP contribution in [0.3, 0.4) is 0 Å². The lowest BCUT2D eigenvalue weighted by atomic mass is 9.86. The summed E-state index contributed by atoms with van der Waals surface area (Å²) in [7, 11) is 1.57. The van der Waals surface area contributed by atoms with Gasteiger partial charge in [0, 0.05) is 6.07 Å². The van der Waals surface area contributed by atoms with E-state index in [-0.39, 0.29) is 5.82 Å². The first-order valence-corrected chi connectivity index (χ1v) is 8.83. The number of hydrogen-bond acceptors (Lipinski definition) is 6. The molecule has 9 heteroatoms. The van der Waals surface area contributed by atoms with Gasteiger partial charge in [-0.15, -0.1) is 0 Å². The van der Waals surface area contributed by atoms with Crippen molar-refractivity contribution < 1.29 is 23.6 Å². The van der Waals surface area contributed by atoms with Gasteiger partial charge >= 0.3 is 6.03 Å². The van der Waals surface area contributed by atoms with Crippen molar-refractivity contribution >= 4 is 23.7 Å². The number of aryl methyl sites for hydroxylation is 2. The second kappa shape index (κ2) is 7.34. The van der Waals surface area contributed by atoms with Crippen molar-refractivity contribution in [3.8, 4) is 5.75 Å². The average molecular weight is 386 g/mol. The molecule has 1 aliphatic rings. The second-order valence-corrected chi connectivity index (χ2v) is 6.64. The number of nitrogens with zero attached hydrogens (tertiary/aromatic N) is 2. The maximum atomic E-state index is 13.1. The van der Waals surface area contributed by atoms with Gasteiger partial charge in [-0.05, 0) is 43.5 Å². The van der Waals surface area contributed by atoms with Crippen molar-refractivity contribution in [3.05, 3.63) is 41.2 Å². The van der Waals surface area contributed by atoms with Gasteiger partial charge in [0.05, 0.1) is 7.11 Å². The molecule has 1 aromatic heterocycles. The molecule has 28 heavy (non-hydrogen) atoms. The van der Waals surface area contributed by atoms with Gasteiger partial charge in [-0.25, -0.2) is 4.79 Å². The van der Waals surface area contributed by atoms with Crippen LogP contribution in [-0.4, -0.2) is 41.6 Å². The van der Waals surface area contributed by atoms with Gasteiger partial charge in [-0.3, -0.25) is 14.5 Å². The van der Waals surface area contributed by atoms with Crippen molar-refractivity contribution in [2.24, 2.45) is 0 Å². The number of nitrogens with one attached hydrogen (secondary N) is 2. The van der Waals surface area contributed by atoms with E-state index < -0.39 is 29.9 Å². The van der Waals surface area contributed by atoms with E-state index in [0.29, 0.717) is 23.5 Å². The van der Waals surface area contributed by atoms with E-state index >= 15 is 0 Å². The predicted molar refractivity (Wildman–Crippen MR) is 99.8 cm³/mol. The van der Waals surface area contributed by atoms with Crippen molar-refractivity contribution in [1.29, 1.82) is 0 Å². The largest absolute Gasteiger partial charge is 0.496 e. The van der Waals surface area contributed by atoms with E-state index in [1.807, 2.05) is 13.0 Å². The summed E-state index contributed by atoms with van der Waals surface area (Å²) in [6.45, 7) is 4.93. The van der Waals surface area contributed by atoms with Gasteiger partial charge in [0.1, 0.15) is 23.6 Å². The van der Waals surface area contributed by atoms with E-state index in [4.69, 9.17) is 9.26 Å². The van der Waals surface area contributed by atoms with Crippen LogP contribution in [0.2, 0.25) is 0 Å². The highest BCUT2D eigenvalue weighted by Gasteiger charge is 2.51. The molecule has 4 amide bonds. The van der Waals surface area contributed by atoms with Crippen molar-refractivity contribution in [2.75, 3.05) is 19.0 Å². The SMILES string of the molecule is CCC1(c2ccc(OC)c(C)c2)NC(=O)N(CC(=O)Nc2cc(C)on2)C1=O. The third kappa shape index (κ3) is 3.30. The number of rotatable bonds is 6. The fourth-order valence-corrected chi connectivity index (χ4v) is 3.30. The molecule has 2 heterocycles. The third-order valence-electron chi connectivity index (χ3n) is 4.79. The van der Waals surface area contributed by atoms with Gasteiger partial charge < -0.3 is 19.9 Å². The van der Waals surface area contributed by atoms with Crippen molar-refractivity contribution in [3.63, 3.8) is 0 Å². The molecule has 1 saturated heterocycles. The Morgan fingerprint density at radius 2 is 2.07 bits per heavy atom. The first-order chi connectivity index (χ1) is 13.3. The molecule has 148 valence electrons. The molecule has 1 unspecified atom stereocenters.